The Bertz CT molecular complexity index is 1670. The summed E-state index contributed by atoms with van der Waals surface area (Å²) in [5.74, 6) is 1.40. The third-order valence-electron chi connectivity index (χ3n) is 7.00. The Morgan fingerprint density at radius 2 is 1.56 bits per heavy atom. The molecular formula is C32H25F3N4OS. The van der Waals surface area contributed by atoms with Gasteiger partial charge in [-0.05, 0) is 98.0 Å². The molecule has 1 aliphatic heterocycles. The fourth-order valence-corrected chi connectivity index (χ4v) is 5.40. The van der Waals surface area contributed by atoms with Gasteiger partial charge in [0.05, 0.1) is 17.3 Å². The van der Waals surface area contributed by atoms with Crippen molar-refractivity contribution in [1.29, 1.82) is 0 Å². The van der Waals surface area contributed by atoms with Crippen LogP contribution in [0.2, 0.25) is 0 Å². The maximum atomic E-state index is 13.6. The number of pyridine rings is 1. The molecule has 1 N–H and O–H groups in total. The van der Waals surface area contributed by atoms with E-state index in [0.29, 0.717) is 16.5 Å². The molecule has 2 aromatic heterocycles. The van der Waals surface area contributed by atoms with E-state index < -0.39 is 17.8 Å². The van der Waals surface area contributed by atoms with Crippen molar-refractivity contribution >= 4 is 23.0 Å². The van der Waals surface area contributed by atoms with Crippen LogP contribution in [0.3, 0.4) is 0 Å². The molecule has 0 saturated carbocycles. The zero-order chi connectivity index (χ0) is 28.6. The zero-order valence-electron chi connectivity index (χ0n) is 21.9. The molecule has 0 aliphatic carbocycles. The van der Waals surface area contributed by atoms with Crippen molar-refractivity contribution in [3.05, 3.63) is 138 Å². The van der Waals surface area contributed by atoms with Crippen molar-refractivity contribution < 1.29 is 17.9 Å². The van der Waals surface area contributed by atoms with Crippen LogP contribution in [-0.2, 0) is 6.18 Å². The monoisotopic (exact) mass is 570 g/mol. The van der Waals surface area contributed by atoms with Crippen molar-refractivity contribution in [2.75, 3.05) is 4.90 Å². The standard InChI is InChI=1S/C32H25F3N4OS/c1-21-10-14-25(15-11-21)40-26-16-12-23(13-17-26)39-30(29(37-31(39)41)27-8-2-3-18-36-27)28-9-5-19-38(28)24-7-4-6-22(20-24)32(33,34)35/h2-20,29-30H,1H3,(H,37,41)/t29-,30+/m0/s1. The van der Waals surface area contributed by atoms with E-state index in [4.69, 9.17) is 17.0 Å². The van der Waals surface area contributed by atoms with Crippen LogP contribution in [-0.4, -0.2) is 14.7 Å². The molecule has 2 atom stereocenters. The van der Waals surface area contributed by atoms with Gasteiger partial charge in [0, 0.05) is 29.5 Å². The van der Waals surface area contributed by atoms with E-state index in [1.807, 2.05) is 90.7 Å². The van der Waals surface area contributed by atoms with Gasteiger partial charge < -0.3 is 19.5 Å². The lowest BCUT2D eigenvalue weighted by Crippen LogP contribution is -2.30. The molecule has 1 saturated heterocycles. The highest BCUT2D eigenvalue weighted by atomic mass is 32.1. The van der Waals surface area contributed by atoms with Gasteiger partial charge in [-0.15, -0.1) is 0 Å². The largest absolute Gasteiger partial charge is 0.457 e. The second kappa shape index (κ2) is 10.7. The maximum Gasteiger partial charge on any atom is 0.416 e. The number of thiocarbonyl (C=S) groups is 1. The van der Waals surface area contributed by atoms with E-state index >= 15 is 0 Å². The molecule has 6 rings (SSSR count). The van der Waals surface area contributed by atoms with E-state index in [2.05, 4.69) is 10.3 Å². The van der Waals surface area contributed by atoms with E-state index in [9.17, 15) is 13.2 Å². The molecule has 3 aromatic carbocycles. The van der Waals surface area contributed by atoms with Crippen LogP contribution in [0, 0.1) is 6.92 Å². The third-order valence-corrected chi connectivity index (χ3v) is 7.32. The highest BCUT2D eigenvalue weighted by Crippen LogP contribution is 2.43. The maximum absolute atomic E-state index is 13.6. The first-order valence-electron chi connectivity index (χ1n) is 13.0. The molecule has 41 heavy (non-hydrogen) atoms. The number of rotatable bonds is 6. The normalized spacial score (nSPS) is 17.0. The van der Waals surface area contributed by atoms with Crippen LogP contribution in [0.4, 0.5) is 18.9 Å². The van der Waals surface area contributed by atoms with Crippen LogP contribution in [0.5, 0.6) is 11.5 Å². The lowest BCUT2D eigenvalue weighted by molar-refractivity contribution is -0.137. The molecule has 0 radical (unpaired) electrons. The molecule has 5 aromatic rings. The Labute approximate surface area is 240 Å². The number of hydrogen-bond acceptors (Lipinski definition) is 3. The number of hydrogen-bond donors (Lipinski definition) is 1. The summed E-state index contributed by atoms with van der Waals surface area (Å²) in [5.41, 5.74) is 3.16. The Kier molecular flexibility index (Phi) is 6.96. The zero-order valence-corrected chi connectivity index (χ0v) is 22.7. The van der Waals surface area contributed by atoms with Gasteiger partial charge >= 0.3 is 6.18 Å². The van der Waals surface area contributed by atoms with E-state index in [0.717, 1.165) is 40.5 Å². The average Bonchev–Trinajstić information content (AvgIpc) is 3.59. The van der Waals surface area contributed by atoms with E-state index in [1.165, 1.54) is 6.07 Å². The van der Waals surface area contributed by atoms with Crippen molar-refractivity contribution in [2.24, 2.45) is 0 Å². The van der Waals surface area contributed by atoms with Crippen LogP contribution in [0.15, 0.2) is 116 Å². The number of anilines is 1. The van der Waals surface area contributed by atoms with Gasteiger partial charge in [0.2, 0.25) is 0 Å². The van der Waals surface area contributed by atoms with Gasteiger partial charge in [-0.25, -0.2) is 0 Å². The number of ether oxygens (including phenoxy) is 1. The molecule has 5 nitrogen and oxygen atoms in total. The quantitative estimate of drug-likeness (QED) is 0.209. The van der Waals surface area contributed by atoms with Gasteiger partial charge in [0.15, 0.2) is 5.11 Å². The fraction of sp³-hybridized carbons (Fsp3) is 0.125. The van der Waals surface area contributed by atoms with Gasteiger partial charge in [0.1, 0.15) is 17.5 Å². The van der Waals surface area contributed by atoms with Gasteiger partial charge in [-0.1, -0.05) is 29.8 Å². The topological polar surface area (TPSA) is 42.3 Å². The summed E-state index contributed by atoms with van der Waals surface area (Å²) in [6.07, 6.45) is -0.980. The number of alkyl halides is 3. The molecule has 0 unspecified atom stereocenters. The van der Waals surface area contributed by atoms with Crippen LogP contribution in [0.1, 0.15) is 34.6 Å². The summed E-state index contributed by atoms with van der Waals surface area (Å²) in [4.78, 5) is 6.55. The summed E-state index contributed by atoms with van der Waals surface area (Å²) < 4.78 is 48.4. The Morgan fingerprint density at radius 1 is 0.829 bits per heavy atom. The van der Waals surface area contributed by atoms with Crippen molar-refractivity contribution in [3.63, 3.8) is 0 Å². The van der Waals surface area contributed by atoms with E-state index in [1.54, 1.807) is 23.0 Å². The molecule has 1 fully saturated rings. The predicted octanol–water partition coefficient (Wildman–Crippen LogP) is 8.17. The minimum absolute atomic E-state index is 0.355. The minimum Gasteiger partial charge on any atom is -0.457 e. The van der Waals surface area contributed by atoms with Crippen molar-refractivity contribution in [3.8, 4) is 17.2 Å². The Balaban J connectivity index is 1.40. The second-order valence-corrected chi connectivity index (χ2v) is 10.1. The molecule has 0 amide bonds. The van der Waals surface area contributed by atoms with Crippen LogP contribution < -0.4 is 15.0 Å². The van der Waals surface area contributed by atoms with Gasteiger partial charge in [-0.2, -0.15) is 13.2 Å². The summed E-state index contributed by atoms with van der Waals surface area (Å²) >= 11 is 5.83. The SMILES string of the molecule is Cc1ccc(Oc2ccc(N3C(=S)N[C@@H](c4ccccn4)[C@H]3c3cccn3-c3cccc(C(F)(F)F)c3)cc2)cc1. The number of aryl methyl sites for hydroxylation is 1. The number of benzene rings is 3. The Hall–Kier alpha value is -4.63. The molecule has 9 heteroatoms. The first-order valence-corrected chi connectivity index (χ1v) is 13.4. The number of nitrogens with zero attached hydrogens (tertiary/aromatic N) is 3. The lowest BCUT2D eigenvalue weighted by atomic mass is 10.0. The smallest absolute Gasteiger partial charge is 0.416 e. The number of aromatic nitrogens is 2. The molecule has 0 bridgehead atoms. The van der Waals surface area contributed by atoms with Gasteiger partial charge in [-0.3, -0.25) is 4.98 Å². The predicted molar refractivity (Wildman–Crippen MR) is 156 cm³/mol. The molecule has 3 heterocycles. The summed E-state index contributed by atoms with van der Waals surface area (Å²) in [6, 6.07) is 29.3. The van der Waals surface area contributed by atoms with Crippen molar-refractivity contribution in [2.45, 2.75) is 25.2 Å². The highest BCUT2D eigenvalue weighted by molar-refractivity contribution is 7.80. The second-order valence-electron chi connectivity index (χ2n) is 9.76. The summed E-state index contributed by atoms with van der Waals surface area (Å²) in [6.45, 7) is 2.02. The first kappa shape index (κ1) is 26.6. The highest BCUT2D eigenvalue weighted by Gasteiger charge is 2.42. The lowest BCUT2D eigenvalue weighted by Gasteiger charge is -2.29. The fourth-order valence-electron chi connectivity index (χ4n) is 5.05. The van der Waals surface area contributed by atoms with Crippen molar-refractivity contribution in [1.82, 2.24) is 14.9 Å². The first-order chi connectivity index (χ1) is 19.8. The Morgan fingerprint density at radius 3 is 2.24 bits per heavy atom. The molecule has 0 spiro atoms. The van der Waals surface area contributed by atoms with Gasteiger partial charge in [0.25, 0.3) is 0 Å². The summed E-state index contributed by atoms with van der Waals surface area (Å²) in [5, 5.41) is 3.88. The van der Waals surface area contributed by atoms with Crippen LogP contribution in [0.25, 0.3) is 5.69 Å². The number of nitrogens with one attached hydrogen (secondary N) is 1. The third kappa shape index (κ3) is 5.40. The van der Waals surface area contributed by atoms with E-state index in [-0.39, 0.29) is 6.04 Å². The summed E-state index contributed by atoms with van der Waals surface area (Å²) in [7, 11) is 0. The minimum atomic E-state index is -4.45. The molecular weight excluding hydrogens is 545 g/mol. The van der Waals surface area contributed by atoms with Crippen LogP contribution >= 0.6 is 12.2 Å². The number of halogens is 3. The molecule has 206 valence electrons. The average molecular weight is 571 g/mol. The molecule has 1 aliphatic rings.